The van der Waals surface area contributed by atoms with Crippen LogP contribution in [-0.2, 0) is 22.7 Å². The van der Waals surface area contributed by atoms with E-state index < -0.39 is 6.10 Å². The molecule has 0 aromatic heterocycles. The highest BCUT2D eigenvalue weighted by Crippen LogP contribution is 2.26. The molecule has 0 fully saturated rings. The maximum Gasteiger partial charge on any atom is 0.261 e. The summed E-state index contributed by atoms with van der Waals surface area (Å²) in [5.74, 6) is 0.503. The number of carbonyl (C=O) groups is 1. The van der Waals surface area contributed by atoms with Crippen LogP contribution in [0, 0.1) is 6.92 Å². The summed E-state index contributed by atoms with van der Waals surface area (Å²) < 4.78 is 12.1. The van der Waals surface area contributed by atoms with Gasteiger partial charge in [-0.1, -0.05) is 30.3 Å². The number of aryl methyl sites for hydroxylation is 1. The molecule has 5 heteroatoms. The minimum atomic E-state index is -0.585. The van der Waals surface area contributed by atoms with Gasteiger partial charge in [0.15, 0.2) is 6.10 Å². The molecule has 0 spiro atoms. The predicted molar refractivity (Wildman–Crippen MR) is 103 cm³/mol. The molecule has 0 saturated heterocycles. The van der Waals surface area contributed by atoms with Crippen LogP contribution in [0.25, 0.3) is 0 Å². The van der Waals surface area contributed by atoms with Crippen LogP contribution >= 0.6 is 15.9 Å². The van der Waals surface area contributed by atoms with Crippen LogP contribution in [0.15, 0.2) is 46.9 Å². The van der Waals surface area contributed by atoms with Crippen molar-refractivity contribution in [3.63, 3.8) is 0 Å². The van der Waals surface area contributed by atoms with Gasteiger partial charge in [0.2, 0.25) is 0 Å². The van der Waals surface area contributed by atoms with Crippen LogP contribution in [0.3, 0.4) is 0 Å². The van der Waals surface area contributed by atoms with E-state index in [1.807, 2.05) is 56.3 Å². The van der Waals surface area contributed by atoms with E-state index in [0.29, 0.717) is 25.5 Å². The van der Waals surface area contributed by atoms with Crippen molar-refractivity contribution in [1.82, 2.24) is 5.32 Å². The zero-order chi connectivity index (χ0) is 18.2. The Morgan fingerprint density at radius 2 is 1.92 bits per heavy atom. The predicted octanol–water partition coefficient (Wildman–Crippen LogP) is 4.38. The second-order valence-corrected chi connectivity index (χ2v) is 6.67. The molecule has 0 aliphatic rings. The highest BCUT2D eigenvalue weighted by atomic mass is 79.9. The Labute approximate surface area is 157 Å². The van der Waals surface area contributed by atoms with Gasteiger partial charge in [0, 0.05) is 13.2 Å². The van der Waals surface area contributed by atoms with E-state index in [4.69, 9.17) is 9.47 Å². The third kappa shape index (κ3) is 5.87. The second kappa shape index (κ2) is 9.59. The van der Waals surface area contributed by atoms with Crippen molar-refractivity contribution in [1.29, 1.82) is 0 Å². The van der Waals surface area contributed by atoms with Gasteiger partial charge in [-0.3, -0.25) is 4.79 Å². The van der Waals surface area contributed by atoms with Crippen LogP contribution in [0.5, 0.6) is 5.75 Å². The first-order valence-corrected chi connectivity index (χ1v) is 9.15. The lowest BCUT2D eigenvalue weighted by atomic mass is 10.1. The lowest BCUT2D eigenvalue weighted by Crippen LogP contribution is -2.36. The number of ether oxygens (including phenoxy) is 2. The summed E-state index contributed by atoms with van der Waals surface area (Å²) in [5.41, 5.74) is 3.26. The SMILES string of the molecule is CCOCc1ccccc1CNC(=O)C(C)Oc1ccc(C)cc1Br. The number of carbonyl (C=O) groups excluding carboxylic acids is 1. The molecule has 0 saturated carbocycles. The van der Waals surface area contributed by atoms with E-state index in [2.05, 4.69) is 21.2 Å². The Hall–Kier alpha value is -1.85. The fourth-order valence-electron chi connectivity index (χ4n) is 2.35. The van der Waals surface area contributed by atoms with E-state index in [-0.39, 0.29) is 5.91 Å². The van der Waals surface area contributed by atoms with Crippen LogP contribution in [0.2, 0.25) is 0 Å². The summed E-state index contributed by atoms with van der Waals surface area (Å²) in [6, 6.07) is 13.7. The average Bonchev–Trinajstić information content (AvgIpc) is 2.60. The van der Waals surface area contributed by atoms with E-state index in [9.17, 15) is 4.79 Å². The largest absolute Gasteiger partial charge is 0.480 e. The average molecular weight is 406 g/mol. The van der Waals surface area contributed by atoms with Gasteiger partial charge in [-0.15, -0.1) is 0 Å². The first kappa shape index (κ1) is 19.5. The molecule has 1 N–H and O–H groups in total. The molecule has 0 aliphatic heterocycles. The molecule has 0 aliphatic carbocycles. The van der Waals surface area contributed by atoms with Crippen molar-refractivity contribution in [2.24, 2.45) is 0 Å². The molecule has 1 unspecified atom stereocenters. The Kier molecular flexibility index (Phi) is 7.47. The third-order valence-electron chi connectivity index (χ3n) is 3.79. The van der Waals surface area contributed by atoms with E-state index >= 15 is 0 Å². The van der Waals surface area contributed by atoms with Gasteiger partial charge in [-0.2, -0.15) is 0 Å². The van der Waals surface area contributed by atoms with Crippen molar-refractivity contribution in [2.75, 3.05) is 6.61 Å². The number of nitrogens with one attached hydrogen (secondary N) is 1. The van der Waals surface area contributed by atoms with Gasteiger partial charge in [0.1, 0.15) is 5.75 Å². The van der Waals surface area contributed by atoms with Gasteiger partial charge in [-0.25, -0.2) is 0 Å². The lowest BCUT2D eigenvalue weighted by Gasteiger charge is -2.17. The third-order valence-corrected chi connectivity index (χ3v) is 4.41. The highest BCUT2D eigenvalue weighted by molar-refractivity contribution is 9.10. The Morgan fingerprint density at radius 1 is 1.20 bits per heavy atom. The van der Waals surface area contributed by atoms with E-state index in [1.165, 1.54) is 0 Å². The number of benzene rings is 2. The number of amides is 1. The monoisotopic (exact) mass is 405 g/mol. The molecule has 25 heavy (non-hydrogen) atoms. The minimum absolute atomic E-state index is 0.154. The van der Waals surface area contributed by atoms with Gasteiger partial charge >= 0.3 is 0 Å². The molecule has 2 aromatic rings. The van der Waals surface area contributed by atoms with Crippen molar-refractivity contribution in [3.05, 3.63) is 63.6 Å². The minimum Gasteiger partial charge on any atom is -0.480 e. The van der Waals surface area contributed by atoms with Crippen LogP contribution in [0.1, 0.15) is 30.5 Å². The maximum atomic E-state index is 12.3. The summed E-state index contributed by atoms with van der Waals surface area (Å²) in [4.78, 5) is 12.3. The fraction of sp³-hybridized carbons (Fsp3) is 0.350. The van der Waals surface area contributed by atoms with Gasteiger partial charge < -0.3 is 14.8 Å². The van der Waals surface area contributed by atoms with E-state index in [0.717, 1.165) is 21.2 Å². The van der Waals surface area contributed by atoms with Crippen LogP contribution in [-0.4, -0.2) is 18.6 Å². The molecule has 0 bridgehead atoms. The molecule has 4 nitrogen and oxygen atoms in total. The number of hydrogen-bond acceptors (Lipinski definition) is 3. The Bertz CT molecular complexity index is 718. The lowest BCUT2D eigenvalue weighted by molar-refractivity contribution is -0.127. The first-order chi connectivity index (χ1) is 12.0. The Morgan fingerprint density at radius 3 is 2.60 bits per heavy atom. The number of halogens is 1. The molecular weight excluding hydrogens is 382 g/mol. The van der Waals surface area contributed by atoms with Gasteiger partial charge in [0.25, 0.3) is 5.91 Å². The topological polar surface area (TPSA) is 47.6 Å². The smallest absolute Gasteiger partial charge is 0.261 e. The molecule has 1 amide bonds. The molecule has 134 valence electrons. The highest BCUT2D eigenvalue weighted by Gasteiger charge is 2.16. The normalized spacial score (nSPS) is 11.8. The maximum absolute atomic E-state index is 12.3. The first-order valence-electron chi connectivity index (χ1n) is 8.36. The van der Waals surface area contributed by atoms with Crippen molar-refractivity contribution in [3.8, 4) is 5.75 Å². The number of rotatable bonds is 8. The van der Waals surface area contributed by atoms with E-state index in [1.54, 1.807) is 6.92 Å². The number of hydrogen-bond donors (Lipinski definition) is 1. The summed E-state index contributed by atoms with van der Waals surface area (Å²) >= 11 is 3.46. The zero-order valence-electron chi connectivity index (χ0n) is 14.8. The van der Waals surface area contributed by atoms with Crippen molar-refractivity contribution < 1.29 is 14.3 Å². The molecule has 2 rings (SSSR count). The summed E-state index contributed by atoms with van der Waals surface area (Å²) in [6.45, 7) is 7.37. The molecular formula is C20H24BrNO3. The molecule has 0 heterocycles. The standard InChI is InChI=1S/C20H24BrNO3/c1-4-24-13-17-8-6-5-7-16(17)12-22-20(23)15(3)25-19-10-9-14(2)11-18(19)21/h5-11,15H,4,12-13H2,1-3H3,(H,22,23). The fourth-order valence-corrected chi connectivity index (χ4v) is 2.94. The van der Waals surface area contributed by atoms with Crippen molar-refractivity contribution >= 4 is 21.8 Å². The van der Waals surface area contributed by atoms with Gasteiger partial charge in [0.05, 0.1) is 11.1 Å². The summed E-state index contributed by atoms with van der Waals surface area (Å²) in [6.07, 6.45) is -0.585. The molecule has 2 aromatic carbocycles. The quantitative estimate of drug-likeness (QED) is 0.708. The molecule has 1 atom stereocenters. The Balaban J connectivity index is 1.93. The summed E-state index contributed by atoms with van der Waals surface area (Å²) in [5, 5.41) is 2.93. The summed E-state index contributed by atoms with van der Waals surface area (Å²) in [7, 11) is 0. The van der Waals surface area contributed by atoms with Gasteiger partial charge in [-0.05, 0) is 65.5 Å². The van der Waals surface area contributed by atoms with Crippen LogP contribution in [0.4, 0.5) is 0 Å². The van der Waals surface area contributed by atoms with Crippen molar-refractivity contribution in [2.45, 2.75) is 40.0 Å². The zero-order valence-corrected chi connectivity index (χ0v) is 16.4. The van der Waals surface area contributed by atoms with Crippen LogP contribution < -0.4 is 10.1 Å². The second-order valence-electron chi connectivity index (χ2n) is 5.82. The molecule has 0 radical (unpaired) electrons.